The van der Waals surface area contributed by atoms with E-state index in [1.807, 2.05) is 45.0 Å². The van der Waals surface area contributed by atoms with E-state index in [0.717, 1.165) is 22.6 Å². The molecule has 0 fully saturated rings. The molecule has 143 valence electrons. The van der Waals surface area contributed by atoms with Gasteiger partial charge in [0, 0.05) is 19.2 Å². The maximum absolute atomic E-state index is 11.8. The van der Waals surface area contributed by atoms with Crippen molar-refractivity contribution in [3.63, 3.8) is 0 Å². The van der Waals surface area contributed by atoms with E-state index in [4.69, 9.17) is 5.73 Å². The van der Waals surface area contributed by atoms with Crippen molar-refractivity contribution in [2.45, 2.75) is 39.5 Å². The van der Waals surface area contributed by atoms with Crippen molar-refractivity contribution >= 4 is 23.3 Å². The van der Waals surface area contributed by atoms with Gasteiger partial charge in [-0.1, -0.05) is 32.9 Å². The molecular weight excluding hydrogens is 342 g/mol. The molecular formula is C20H26N5O2. The molecule has 1 atom stereocenters. The number of benzene rings is 1. The van der Waals surface area contributed by atoms with Crippen LogP contribution in [0.3, 0.4) is 0 Å². The lowest BCUT2D eigenvalue weighted by atomic mass is 10.0. The SMILES string of the molecule is [CH2]C(=O)NC[C@H](C)c1cccc(Nc2nc(CC)c(CC)nc2C(N)=O)c1. The van der Waals surface area contributed by atoms with Crippen LogP contribution < -0.4 is 16.4 Å². The Morgan fingerprint density at radius 3 is 2.44 bits per heavy atom. The summed E-state index contributed by atoms with van der Waals surface area (Å²) in [5, 5.41) is 5.88. The molecule has 7 nitrogen and oxygen atoms in total. The fraction of sp³-hybridized carbons (Fsp3) is 0.350. The zero-order valence-corrected chi connectivity index (χ0v) is 16.0. The summed E-state index contributed by atoms with van der Waals surface area (Å²) in [4.78, 5) is 31.8. The van der Waals surface area contributed by atoms with Crippen LogP contribution in [0.1, 0.15) is 54.1 Å². The average Bonchev–Trinajstić information content (AvgIpc) is 2.65. The van der Waals surface area contributed by atoms with Gasteiger partial charge in [0.2, 0.25) is 5.91 Å². The number of carbonyl (C=O) groups excluding carboxylic acids is 2. The minimum absolute atomic E-state index is 0.104. The molecule has 0 aliphatic heterocycles. The van der Waals surface area contributed by atoms with Crippen LogP contribution in [0.4, 0.5) is 11.5 Å². The first kappa shape index (κ1) is 20.4. The van der Waals surface area contributed by atoms with Gasteiger partial charge in [-0.2, -0.15) is 0 Å². The van der Waals surface area contributed by atoms with Gasteiger partial charge in [-0.15, -0.1) is 0 Å². The predicted molar refractivity (Wildman–Crippen MR) is 106 cm³/mol. The minimum atomic E-state index is -0.620. The van der Waals surface area contributed by atoms with Crippen LogP contribution >= 0.6 is 0 Å². The number of hydrogen-bond acceptors (Lipinski definition) is 5. The molecule has 0 saturated carbocycles. The first-order valence-electron chi connectivity index (χ1n) is 9.02. The lowest BCUT2D eigenvalue weighted by molar-refractivity contribution is -0.116. The quantitative estimate of drug-likeness (QED) is 0.663. The van der Waals surface area contributed by atoms with Crippen molar-refractivity contribution in [2.24, 2.45) is 5.73 Å². The fourth-order valence-electron chi connectivity index (χ4n) is 2.77. The Labute approximate surface area is 159 Å². The Kier molecular flexibility index (Phi) is 6.87. The maximum Gasteiger partial charge on any atom is 0.271 e. The summed E-state index contributed by atoms with van der Waals surface area (Å²) in [5.74, 6) is -0.467. The molecule has 0 bridgehead atoms. The van der Waals surface area contributed by atoms with E-state index < -0.39 is 5.91 Å². The number of aromatic nitrogens is 2. The minimum Gasteiger partial charge on any atom is -0.364 e. The third kappa shape index (κ3) is 5.26. The molecule has 4 N–H and O–H groups in total. The van der Waals surface area contributed by atoms with Gasteiger partial charge < -0.3 is 16.4 Å². The molecule has 27 heavy (non-hydrogen) atoms. The molecule has 1 aromatic carbocycles. The van der Waals surface area contributed by atoms with E-state index in [9.17, 15) is 9.59 Å². The van der Waals surface area contributed by atoms with E-state index >= 15 is 0 Å². The second-order valence-corrected chi connectivity index (χ2v) is 6.34. The molecule has 7 heteroatoms. The third-order valence-corrected chi connectivity index (χ3v) is 4.28. The van der Waals surface area contributed by atoms with Gasteiger partial charge in [-0.3, -0.25) is 9.59 Å². The van der Waals surface area contributed by atoms with E-state index in [2.05, 4.69) is 27.5 Å². The van der Waals surface area contributed by atoms with Crippen molar-refractivity contribution in [3.8, 4) is 0 Å². The highest BCUT2D eigenvalue weighted by molar-refractivity contribution is 5.96. The lowest BCUT2D eigenvalue weighted by Crippen LogP contribution is -2.24. The molecule has 2 rings (SSSR count). The Bertz CT molecular complexity index is 835. The van der Waals surface area contributed by atoms with Crippen molar-refractivity contribution in [2.75, 3.05) is 11.9 Å². The molecule has 0 spiro atoms. The number of anilines is 2. The molecule has 1 heterocycles. The number of amides is 2. The summed E-state index contributed by atoms with van der Waals surface area (Å²) < 4.78 is 0. The van der Waals surface area contributed by atoms with E-state index in [-0.39, 0.29) is 17.5 Å². The topological polar surface area (TPSA) is 110 Å². The zero-order valence-electron chi connectivity index (χ0n) is 16.0. The summed E-state index contributed by atoms with van der Waals surface area (Å²) >= 11 is 0. The third-order valence-electron chi connectivity index (χ3n) is 4.28. The summed E-state index contributed by atoms with van der Waals surface area (Å²) in [6.07, 6.45) is 1.40. The number of nitrogens with one attached hydrogen (secondary N) is 2. The number of hydrogen-bond donors (Lipinski definition) is 3. The predicted octanol–water partition coefficient (Wildman–Crippen LogP) is 2.50. The van der Waals surface area contributed by atoms with Gasteiger partial charge in [-0.25, -0.2) is 9.97 Å². The Hall–Kier alpha value is -2.96. The molecule has 0 aliphatic carbocycles. The smallest absolute Gasteiger partial charge is 0.271 e. The van der Waals surface area contributed by atoms with Crippen molar-refractivity contribution in [1.29, 1.82) is 0 Å². The number of nitrogens with two attached hydrogens (primary N) is 1. The first-order valence-corrected chi connectivity index (χ1v) is 9.02. The van der Waals surface area contributed by atoms with Crippen molar-refractivity contribution < 1.29 is 9.59 Å². The average molecular weight is 368 g/mol. The van der Waals surface area contributed by atoms with Crippen molar-refractivity contribution in [1.82, 2.24) is 15.3 Å². The van der Waals surface area contributed by atoms with Gasteiger partial charge in [0.25, 0.3) is 5.91 Å². The second kappa shape index (κ2) is 9.12. The molecule has 2 aromatic rings. The Morgan fingerprint density at radius 1 is 1.19 bits per heavy atom. The number of nitrogens with zero attached hydrogens (tertiary/aromatic N) is 2. The molecule has 1 radical (unpaired) electrons. The number of carbonyl (C=O) groups is 2. The summed E-state index contributed by atoms with van der Waals surface area (Å²) in [5.41, 5.74) is 9.05. The van der Waals surface area contributed by atoms with Crippen LogP contribution in [-0.4, -0.2) is 28.3 Å². The van der Waals surface area contributed by atoms with Crippen molar-refractivity contribution in [3.05, 3.63) is 53.8 Å². The lowest BCUT2D eigenvalue weighted by Gasteiger charge is -2.16. The van der Waals surface area contributed by atoms with Gasteiger partial charge in [0.1, 0.15) is 0 Å². The molecule has 0 saturated heterocycles. The van der Waals surface area contributed by atoms with Crippen LogP contribution in [0.2, 0.25) is 0 Å². The first-order chi connectivity index (χ1) is 12.8. The van der Waals surface area contributed by atoms with E-state index in [1.165, 1.54) is 0 Å². The van der Waals surface area contributed by atoms with E-state index in [0.29, 0.717) is 25.2 Å². The Balaban J connectivity index is 2.32. The van der Waals surface area contributed by atoms with Gasteiger partial charge >= 0.3 is 0 Å². The van der Waals surface area contributed by atoms with Crippen LogP contribution in [0.5, 0.6) is 0 Å². The Morgan fingerprint density at radius 2 is 1.85 bits per heavy atom. The highest BCUT2D eigenvalue weighted by Crippen LogP contribution is 2.23. The summed E-state index contributed by atoms with van der Waals surface area (Å²) in [7, 11) is 0. The zero-order chi connectivity index (χ0) is 20.0. The standard InChI is InChI=1S/C20H26N5O2/c1-5-16-17(6-2)25-20(18(24-16)19(21)27)23-15-9-7-8-14(10-15)12(3)11-22-13(4)26/h7-10,12H,4-6,11H2,1-3H3,(H2,21,27)(H,22,26)(H,23,25)/t12-/m0/s1. The highest BCUT2D eigenvalue weighted by atomic mass is 16.1. The van der Waals surface area contributed by atoms with Gasteiger partial charge in [0.05, 0.1) is 11.4 Å². The normalized spacial score (nSPS) is 11.7. The summed E-state index contributed by atoms with van der Waals surface area (Å²) in [6.45, 7) is 9.78. The largest absolute Gasteiger partial charge is 0.364 e. The van der Waals surface area contributed by atoms with Crippen LogP contribution in [0.15, 0.2) is 24.3 Å². The van der Waals surface area contributed by atoms with Gasteiger partial charge in [-0.05, 0) is 36.5 Å². The number of aryl methyl sites for hydroxylation is 2. The molecule has 0 aliphatic rings. The monoisotopic (exact) mass is 368 g/mol. The molecule has 1 aromatic heterocycles. The van der Waals surface area contributed by atoms with Crippen LogP contribution in [-0.2, 0) is 17.6 Å². The number of primary amides is 1. The molecule has 0 unspecified atom stereocenters. The van der Waals surface area contributed by atoms with Gasteiger partial charge in [0.15, 0.2) is 11.5 Å². The van der Waals surface area contributed by atoms with Crippen LogP contribution in [0.25, 0.3) is 0 Å². The maximum atomic E-state index is 11.8. The van der Waals surface area contributed by atoms with Crippen LogP contribution in [0, 0.1) is 6.92 Å². The molecule has 2 amide bonds. The highest BCUT2D eigenvalue weighted by Gasteiger charge is 2.17. The van der Waals surface area contributed by atoms with E-state index in [1.54, 1.807) is 0 Å². The number of rotatable bonds is 8. The fourth-order valence-corrected chi connectivity index (χ4v) is 2.77. The second-order valence-electron chi connectivity index (χ2n) is 6.34. The summed E-state index contributed by atoms with van der Waals surface area (Å²) in [6, 6.07) is 7.70.